The molecule has 0 saturated carbocycles. The maximum absolute atomic E-state index is 12.8. The number of carbonyl (C=O) groups excluding carboxylic acids is 1. The van der Waals surface area contributed by atoms with Gasteiger partial charge in [-0.15, -0.1) is 0 Å². The highest BCUT2D eigenvalue weighted by molar-refractivity contribution is 6.07. The summed E-state index contributed by atoms with van der Waals surface area (Å²) in [6, 6.07) is 7.51. The zero-order valence-electron chi connectivity index (χ0n) is 14.4. The van der Waals surface area contributed by atoms with Crippen LogP contribution in [-0.4, -0.2) is 27.1 Å². The minimum Gasteiger partial charge on any atom is -0.493 e. The van der Waals surface area contributed by atoms with E-state index in [-0.39, 0.29) is 5.56 Å². The van der Waals surface area contributed by atoms with Crippen LogP contribution in [0.3, 0.4) is 0 Å². The number of alkyl halides is 3. The first-order valence-corrected chi connectivity index (χ1v) is 7.49. The van der Waals surface area contributed by atoms with Crippen LogP contribution < -0.4 is 14.2 Å². The summed E-state index contributed by atoms with van der Waals surface area (Å²) in [4.78, 5) is 12.2. The van der Waals surface area contributed by atoms with Crippen molar-refractivity contribution in [1.29, 1.82) is 0 Å². The minimum atomic E-state index is -4.50. The minimum absolute atomic E-state index is 0.0523. The van der Waals surface area contributed by atoms with Crippen LogP contribution in [0.4, 0.5) is 13.2 Å². The molecule has 0 aromatic heterocycles. The van der Waals surface area contributed by atoms with E-state index in [1.807, 2.05) is 0 Å². The Bertz CT molecular complexity index is 801. The van der Waals surface area contributed by atoms with E-state index < -0.39 is 17.5 Å². The molecule has 0 atom stereocenters. The highest BCUT2D eigenvalue weighted by Gasteiger charge is 2.30. The largest absolute Gasteiger partial charge is 0.493 e. The van der Waals surface area contributed by atoms with Crippen LogP contribution in [0, 0.1) is 0 Å². The molecule has 26 heavy (non-hydrogen) atoms. The van der Waals surface area contributed by atoms with Gasteiger partial charge in [-0.05, 0) is 35.9 Å². The maximum atomic E-state index is 12.8. The topological polar surface area (TPSA) is 44.8 Å². The second kappa shape index (κ2) is 7.95. The average Bonchev–Trinajstić information content (AvgIpc) is 2.64. The molecule has 0 amide bonds. The molecule has 0 spiro atoms. The van der Waals surface area contributed by atoms with Gasteiger partial charge < -0.3 is 14.2 Å². The Balaban J connectivity index is 2.31. The number of rotatable bonds is 6. The molecule has 0 bridgehead atoms. The predicted octanol–water partition coefficient (Wildman–Crippen LogP) is 4.63. The summed E-state index contributed by atoms with van der Waals surface area (Å²) in [5.41, 5.74) is -0.354. The summed E-state index contributed by atoms with van der Waals surface area (Å²) in [6.07, 6.45) is -1.85. The van der Waals surface area contributed by atoms with Crippen LogP contribution in [0.2, 0.25) is 0 Å². The van der Waals surface area contributed by atoms with Gasteiger partial charge in [-0.2, -0.15) is 13.2 Å². The first kappa shape index (κ1) is 19.4. The van der Waals surface area contributed by atoms with Crippen molar-refractivity contribution in [1.82, 2.24) is 0 Å². The van der Waals surface area contributed by atoms with E-state index in [4.69, 9.17) is 14.2 Å². The lowest BCUT2D eigenvalue weighted by Gasteiger charge is -2.12. The Labute approximate surface area is 148 Å². The van der Waals surface area contributed by atoms with Gasteiger partial charge in [0.1, 0.15) is 0 Å². The molecule has 138 valence electrons. The van der Waals surface area contributed by atoms with Gasteiger partial charge >= 0.3 is 6.18 Å². The quantitative estimate of drug-likeness (QED) is 0.552. The third-order valence-electron chi connectivity index (χ3n) is 3.59. The van der Waals surface area contributed by atoms with E-state index in [0.717, 1.165) is 12.1 Å². The van der Waals surface area contributed by atoms with Gasteiger partial charge in [0.15, 0.2) is 17.3 Å². The van der Waals surface area contributed by atoms with Gasteiger partial charge in [0, 0.05) is 5.56 Å². The highest BCUT2D eigenvalue weighted by Crippen LogP contribution is 2.38. The van der Waals surface area contributed by atoms with E-state index in [1.54, 1.807) is 12.1 Å². The van der Waals surface area contributed by atoms with Crippen LogP contribution in [0.15, 0.2) is 42.5 Å². The number of hydrogen-bond acceptors (Lipinski definition) is 4. The molecule has 0 aliphatic carbocycles. The smallest absolute Gasteiger partial charge is 0.416 e. The van der Waals surface area contributed by atoms with Crippen LogP contribution in [-0.2, 0) is 6.18 Å². The van der Waals surface area contributed by atoms with Crippen molar-refractivity contribution in [3.8, 4) is 17.2 Å². The fourth-order valence-electron chi connectivity index (χ4n) is 2.31. The fraction of sp³-hybridized carbons (Fsp3) is 0.211. The molecule has 4 nitrogen and oxygen atoms in total. The van der Waals surface area contributed by atoms with Crippen molar-refractivity contribution in [2.24, 2.45) is 0 Å². The van der Waals surface area contributed by atoms with Crippen LogP contribution in [0.5, 0.6) is 17.2 Å². The van der Waals surface area contributed by atoms with E-state index in [9.17, 15) is 18.0 Å². The lowest BCUT2D eigenvalue weighted by molar-refractivity contribution is -0.137. The molecule has 0 aliphatic heterocycles. The Hall–Kier alpha value is -2.96. The second-order valence-corrected chi connectivity index (χ2v) is 5.23. The SMILES string of the molecule is COc1cc(/C=C/C(=O)c2cccc(C(F)(F)F)c2)cc(OC)c1OC. The van der Waals surface area contributed by atoms with E-state index in [2.05, 4.69) is 0 Å². The molecule has 2 aromatic rings. The number of ether oxygens (including phenoxy) is 3. The number of benzene rings is 2. The molecule has 0 saturated heterocycles. The molecular weight excluding hydrogens is 349 g/mol. The number of hydrogen-bond donors (Lipinski definition) is 0. The average molecular weight is 366 g/mol. The number of ketones is 1. The zero-order chi connectivity index (χ0) is 19.3. The van der Waals surface area contributed by atoms with Gasteiger partial charge in [-0.3, -0.25) is 4.79 Å². The number of carbonyl (C=O) groups is 1. The van der Waals surface area contributed by atoms with Crippen molar-refractivity contribution in [3.05, 3.63) is 59.2 Å². The fourth-order valence-corrected chi connectivity index (χ4v) is 2.31. The summed E-state index contributed by atoms with van der Waals surface area (Å²) >= 11 is 0. The standard InChI is InChI=1S/C19H17F3O4/c1-24-16-9-12(10-17(25-2)18(16)26-3)7-8-15(23)13-5-4-6-14(11-13)19(20,21)22/h4-11H,1-3H3/b8-7+. The first-order chi connectivity index (χ1) is 12.3. The van der Waals surface area contributed by atoms with Crippen LogP contribution >= 0.6 is 0 Å². The summed E-state index contributed by atoms with van der Waals surface area (Å²) in [7, 11) is 4.38. The summed E-state index contributed by atoms with van der Waals surface area (Å²) in [5, 5.41) is 0. The van der Waals surface area contributed by atoms with Crippen molar-refractivity contribution in [3.63, 3.8) is 0 Å². The highest BCUT2D eigenvalue weighted by atomic mass is 19.4. The van der Waals surface area contributed by atoms with Gasteiger partial charge in [0.05, 0.1) is 26.9 Å². The van der Waals surface area contributed by atoms with Gasteiger partial charge in [0.25, 0.3) is 0 Å². The molecular formula is C19H17F3O4. The van der Waals surface area contributed by atoms with Gasteiger partial charge in [0.2, 0.25) is 5.75 Å². The van der Waals surface area contributed by atoms with Gasteiger partial charge in [-0.1, -0.05) is 18.2 Å². The van der Waals surface area contributed by atoms with Crippen molar-refractivity contribution < 1.29 is 32.2 Å². The normalized spacial score (nSPS) is 11.5. The Morgan fingerprint density at radius 2 is 1.58 bits per heavy atom. The Morgan fingerprint density at radius 3 is 2.08 bits per heavy atom. The van der Waals surface area contributed by atoms with Crippen LogP contribution in [0.1, 0.15) is 21.5 Å². The third-order valence-corrected chi connectivity index (χ3v) is 3.59. The summed E-state index contributed by atoms with van der Waals surface area (Å²) in [5.74, 6) is 0.650. The molecule has 2 rings (SSSR count). The number of methoxy groups -OCH3 is 3. The summed E-state index contributed by atoms with van der Waals surface area (Å²) < 4.78 is 53.9. The Kier molecular flexibility index (Phi) is 5.92. The predicted molar refractivity (Wildman–Crippen MR) is 90.9 cm³/mol. The first-order valence-electron chi connectivity index (χ1n) is 7.49. The molecule has 2 aromatic carbocycles. The van der Waals surface area contributed by atoms with E-state index in [1.165, 1.54) is 45.6 Å². The molecule has 0 radical (unpaired) electrons. The summed E-state index contributed by atoms with van der Waals surface area (Å²) in [6.45, 7) is 0. The lowest BCUT2D eigenvalue weighted by atomic mass is 10.1. The van der Waals surface area contributed by atoms with E-state index >= 15 is 0 Å². The van der Waals surface area contributed by atoms with Gasteiger partial charge in [-0.25, -0.2) is 0 Å². The van der Waals surface area contributed by atoms with Crippen LogP contribution in [0.25, 0.3) is 6.08 Å². The second-order valence-electron chi connectivity index (χ2n) is 5.23. The molecule has 0 unspecified atom stereocenters. The Morgan fingerprint density at radius 1 is 0.962 bits per heavy atom. The van der Waals surface area contributed by atoms with Crippen molar-refractivity contribution >= 4 is 11.9 Å². The lowest BCUT2D eigenvalue weighted by Crippen LogP contribution is -2.06. The molecule has 7 heteroatoms. The van der Waals surface area contributed by atoms with E-state index in [0.29, 0.717) is 22.8 Å². The molecule has 0 heterocycles. The number of allylic oxidation sites excluding steroid dienone is 1. The van der Waals surface area contributed by atoms with Crippen molar-refractivity contribution in [2.45, 2.75) is 6.18 Å². The molecule has 0 aliphatic rings. The monoisotopic (exact) mass is 366 g/mol. The zero-order valence-corrected chi connectivity index (χ0v) is 14.4. The molecule has 0 fully saturated rings. The number of halogens is 3. The molecule has 0 N–H and O–H groups in total. The van der Waals surface area contributed by atoms with Crippen molar-refractivity contribution in [2.75, 3.05) is 21.3 Å². The third kappa shape index (κ3) is 4.36. The maximum Gasteiger partial charge on any atom is 0.416 e.